The highest BCUT2D eigenvalue weighted by molar-refractivity contribution is 7.08. The number of pyridine rings is 3. The molecule has 42 heavy (non-hydrogen) atoms. The van der Waals surface area contributed by atoms with Crippen molar-refractivity contribution >= 4 is 46.1 Å². The Bertz CT molecular complexity index is 1910. The fourth-order valence-electron chi connectivity index (χ4n) is 4.78. The lowest BCUT2D eigenvalue weighted by molar-refractivity contribution is -0.120. The molecule has 0 unspecified atom stereocenters. The summed E-state index contributed by atoms with van der Waals surface area (Å²) in [6, 6.07) is 6.40. The summed E-state index contributed by atoms with van der Waals surface area (Å²) in [7, 11) is 0. The van der Waals surface area contributed by atoms with Gasteiger partial charge < -0.3 is 15.3 Å². The average molecular weight is 590 g/mol. The molecule has 0 aliphatic carbocycles. The molecule has 2 N–H and O–H groups in total. The Labute approximate surface area is 241 Å². The maximum atomic E-state index is 15.3. The van der Waals surface area contributed by atoms with E-state index < -0.39 is 28.7 Å². The number of hydrogen-bond donors (Lipinski definition) is 2. The van der Waals surface area contributed by atoms with Crippen LogP contribution in [0.1, 0.15) is 35.9 Å². The van der Waals surface area contributed by atoms with Gasteiger partial charge in [-0.1, -0.05) is 0 Å². The molecular formula is C27H24FN9O4S. The summed E-state index contributed by atoms with van der Waals surface area (Å²) in [4.78, 5) is 52.2. The molecule has 1 aliphatic rings. The van der Waals surface area contributed by atoms with E-state index in [0.717, 1.165) is 29.5 Å². The van der Waals surface area contributed by atoms with E-state index in [4.69, 9.17) is 0 Å². The molecular weight excluding hydrogens is 565 g/mol. The molecule has 0 aromatic carbocycles. The van der Waals surface area contributed by atoms with Crippen molar-refractivity contribution in [1.29, 1.82) is 0 Å². The molecule has 0 spiro atoms. The van der Waals surface area contributed by atoms with Gasteiger partial charge in [0.2, 0.25) is 16.5 Å². The van der Waals surface area contributed by atoms with Gasteiger partial charge in [-0.05, 0) is 39.0 Å². The van der Waals surface area contributed by atoms with Crippen LogP contribution in [0.15, 0.2) is 47.7 Å². The number of anilines is 2. The lowest BCUT2D eigenvalue weighted by atomic mass is 9.99. The molecule has 214 valence electrons. The van der Waals surface area contributed by atoms with Gasteiger partial charge in [-0.3, -0.25) is 23.8 Å². The maximum Gasteiger partial charge on any atom is 0.341 e. The number of aromatic nitrogens is 7. The number of hydrogen-bond acceptors (Lipinski definition) is 10. The number of carbonyl (C=O) groups excluding carboxylic acids is 1. The van der Waals surface area contributed by atoms with E-state index in [1.165, 1.54) is 4.57 Å². The summed E-state index contributed by atoms with van der Waals surface area (Å²) < 4.78 is 22.8. The van der Waals surface area contributed by atoms with E-state index in [-0.39, 0.29) is 47.0 Å². The van der Waals surface area contributed by atoms with Crippen LogP contribution in [0.2, 0.25) is 0 Å². The third-order valence-corrected chi connectivity index (χ3v) is 7.61. The first-order valence-corrected chi connectivity index (χ1v) is 13.7. The fourth-order valence-corrected chi connectivity index (χ4v) is 5.45. The molecule has 1 amide bonds. The molecule has 1 fully saturated rings. The standard InChI is InChI=1S/C27H24FN9O4S/c1-13(2)37-14(3)7-20(33-37)30-25(39)16-10-35(11-16)24-19(28)8-17-21(38)18(26(40)41)12-36(23(17)32-24)27-31-22(34-42-27)15-5-4-6-29-9-15/h4-9,12-13,16H,10-11H2,1-3H3,(H,40,41)(H,30,33,39). The largest absolute Gasteiger partial charge is 0.477 e. The van der Waals surface area contributed by atoms with Crippen molar-refractivity contribution in [3.63, 3.8) is 0 Å². The van der Waals surface area contributed by atoms with Crippen LogP contribution in [0.4, 0.5) is 16.0 Å². The smallest absolute Gasteiger partial charge is 0.341 e. The Morgan fingerprint density at radius 1 is 1.21 bits per heavy atom. The van der Waals surface area contributed by atoms with Crippen LogP contribution in [-0.4, -0.2) is 63.7 Å². The number of carboxylic acid groups (broad SMARTS) is 1. The van der Waals surface area contributed by atoms with Gasteiger partial charge in [-0.25, -0.2) is 14.2 Å². The molecule has 0 bridgehead atoms. The van der Waals surface area contributed by atoms with Gasteiger partial charge in [-0.15, -0.1) is 0 Å². The van der Waals surface area contributed by atoms with Gasteiger partial charge in [-0.2, -0.15) is 14.5 Å². The minimum atomic E-state index is -1.47. The minimum Gasteiger partial charge on any atom is -0.477 e. The van der Waals surface area contributed by atoms with Gasteiger partial charge in [0, 0.05) is 66.6 Å². The first-order valence-electron chi connectivity index (χ1n) is 13.0. The molecule has 1 aliphatic heterocycles. The summed E-state index contributed by atoms with van der Waals surface area (Å²) in [6.07, 6.45) is 4.30. The topological polar surface area (TPSA) is 161 Å². The molecule has 5 aromatic rings. The number of aryl methyl sites for hydroxylation is 1. The number of fused-ring (bicyclic) bond motifs is 1. The van der Waals surface area contributed by atoms with Crippen molar-refractivity contribution in [1.82, 2.24) is 33.7 Å². The number of nitrogens with zero attached hydrogens (tertiary/aromatic N) is 8. The number of rotatable bonds is 7. The van der Waals surface area contributed by atoms with Crippen molar-refractivity contribution in [2.24, 2.45) is 5.92 Å². The number of amides is 1. The van der Waals surface area contributed by atoms with Crippen LogP contribution in [0.25, 0.3) is 27.6 Å². The van der Waals surface area contributed by atoms with Crippen LogP contribution >= 0.6 is 11.5 Å². The predicted octanol–water partition coefficient (Wildman–Crippen LogP) is 3.30. The first-order chi connectivity index (χ1) is 20.1. The fraction of sp³-hybridized carbons (Fsp3) is 0.259. The van der Waals surface area contributed by atoms with Crippen molar-refractivity contribution in [3.05, 3.63) is 70.2 Å². The summed E-state index contributed by atoms with van der Waals surface area (Å²) in [5.74, 6) is -2.25. The quantitative estimate of drug-likeness (QED) is 0.288. The molecule has 13 nitrogen and oxygen atoms in total. The van der Waals surface area contributed by atoms with Crippen molar-refractivity contribution in [2.75, 3.05) is 23.3 Å². The molecule has 0 saturated carbocycles. The Hall–Kier alpha value is -5.05. The van der Waals surface area contributed by atoms with Crippen LogP contribution in [0.3, 0.4) is 0 Å². The van der Waals surface area contributed by atoms with E-state index in [9.17, 15) is 19.5 Å². The minimum absolute atomic E-state index is 0.0119. The Morgan fingerprint density at radius 2 is 2.00 bits per heavy atom. The van der Waals surface area contributed by atoms with Gasteiger partial charge in [0.15, 0.2) is 28.9 Å². The van der Waals surface area contributed by atoms with E-state index >= 15 is 4.39 Å². The van der Waals surface area contributed by atoms with Gasteiger partial charge in [0.05, 0.1) is 11.3 Å². The molecule has 6 rings (SSSR count). The van der Waals surface area contributed by atoms with Gasteiger partial charge >= 0.3 is 5.97 Å². The highest BCUT2D eigenvalue weighted by atomic mass is 32.1. The van der Waals surface area contributed by atoms with Gasteiger partial charge in [0.1, 0.15) is 5.56 Å². The second-order valence-electron chi connectivity index (χ2n) is 10.2. The number of carbonyl (C=O) groups is 2. The van der Waals surface area contributed by atoms with Crippen LogP contribution < -0.4 is 15.6 Å². The maximum absolute atomic E-state index is 15.3. The molecule has 5 aromatic heterocycles. The van der Waals surface area contributed by atoms with Crippen LogP contribution in [0, 0.1) is 18.7 Å². The lowest BCUT2D eigenvalue weighted by Gasteiger charge is -2.39. The summed E-state index contributed by atoms with van der Waals surface area (Å²) in [6.45, 7) is 6.27. The molecule has 1 saturated heterocycles. The Balaban J connectivity index is 1.31. The van der Waals surface area contributed by atoms with Gasteiger partial charge in [0.25, 0.3) is 0 Å². The number of aromatic carboxylic acids is 1. The van der Waals surface area contributed by atoms with Crippen LogP contribution in [-0.2, 0) is 4.79 Å². The zero-order valence-corrected chi connectivity index (χ0v) is 23.5. The Morgan fingerprint density at radius 3 is 2.67 bits per heavy atom. The number of carboxylic acids is 1. The predicted molar refractivity (Wildman–Crippen MR) is 153 cm³/mol. The molecule has 6 heterocycles. The zero-order valence-electron chi connectivity index (χ0n) is 22.6. The van der Waals surface area contributed by atoms with Crippen molar-refractivity contribution in [2.45, 2.75) is 26.8 Å². The third kappa shape index (κ3) is 4.76. The zero-order chi connectivity index (χ0) is 29.7. The summed E-state index contributed by atoms with van der Waals surface area (Å²) >= 11 is 0.957. The van der Waals surface area contributed by atoms with E-state index in [1.54, 1.807) is 35.5 Å². The van der Waals surface area contributed by atoms with Crippen molar-refractivity contribution < 1.29 is 19.1 Å². The summed E-state index contributed by atoms with van der Waals surface area (Å²) in [5, 5.41) is 16.9. The molecule has 0 radical (unpaired) electrons. The summed E-state index contributed by atoms with van der Waals surface area (Å²) in [5.41, 5.74) is 0.126. The third-order valence-electron chi connectivity index (χ3n) is 6.90. The Kier molecular flexibility index (Phi) is 6.73. The lowest BCUT2D eigenvalue weighted by Crippen LogP contribution is -2.52. The van der Waals surface area contributed by atoms with E-state index in [1.807, 2.05) is 25.5 Å². The first kappa shape index (κ1) is 27.1. The van der Waals surface area contributed by atoms with E-state index in [0.29, 0.717) is 17.2 Å². The number of halogens is 1. The number of nitrogens with one attached hydrogen (secondary N) is 1. The monoisotopic (exact) mass is 589 g/mol. The van der Waals surface area contributed by atoms with Crippen molar-refractivity contribution in [3.8, 4) is 16.5 Å². The highest BCUT2D eigenvalue weighted by Crippen LogP contribution is 2.30. The average Bonchev–Trinajstić information content (AvgIpc) is 3.56. The SMILES string of the molecule is Cc1cc(NC(=O)C2CN(c3nc4c(cc3F)c(=O)c(C(=O)O)cn4-c3nc(-c4cccnc4)ns3)C2)nn1C(C)C. The normalized spacial score (nSPS) is 13.5. The second kappa shape index (κ2) is 10.4. The highest BCUT2D eigenvalue weighted by Gasteiger charge is 2.36. The van der Waals surface area contributed by atoms with E-state index in [2.05, 4.69) is 29.7 Å². The second-order valence-corrected chi connectivity index (χ2v) is 10.9. The molecule has 15 heteroatoms. The molecule has 0 atom stereocenters. The van der Waals surface area contributed by atoms with Crippen LogP contribution in [0.5, 0.6) is 0 Å².